The fourth-order valence-corrected chi connectivity index (χ4v) is 5.29. The Hall–Kier alpha value is -4.25. The number of likely N-dealkylation sites (tertiary alicyclic amines) is 1. The van der Waals surface area contributed by atoms with Gasteiger partial charge in [-0.25, -0.2) is 4.52 Å². The molecule has 5 aromatic rings. The van der Waals surface area contributed by atoms with E-state index in [-0.39, 0.29) is 5.91 Å². The smallest absolute Gasteiger partial charge is 0.252 e. The summed E-state index contributed by atoms with van der Waals surface area (Å²) in [5.41, 5.74) is 6.35. The Morgan fingerprint density at radius 3 is 2.61 bits per heavy atom. The van der Waals surface area contributed by atoms with Crippen molar-refractivity contribution in [2.45, 2.75) is 20.8 Å². The molecule has 11 heteroatoms. The van der Waals surface area contributed by atoms with E-state index in [2.05, 4.69) is 50.6 Å². The number of hydrogen-bond acceptors (Lipinski definition) is 7. The number of aromatic nitrogens is 7. The van der Waals surface area contributed by atoms with Crippen LogP contribution in [0.1, 0.15) is 29.9 Å². The molecule has 38 heavy (non-hydrogen) atoms. The average molecular weight is 513 g/mol. The predicted octanol–water partition coefficient (Wildman–Crippen LogP) is 3.14. The Bertz CT molecular complexity index is 1670. The van der Waals surface area contributed by atoms with Crippen molar-refractivity contribution >= 4 is 33.8 Å². The van der Waals surface area contributed by atoms with Gasteiger partial charge in [0.2, 0.25) is 0 Å². The maximum absolute atomic E-state index is 12.8. The van der Waals surface area contributed by atoms with Crippen LogP contribution in [0.15, 0.2) is 43.1 Å². The summed E-state index contributed by atoms with van der Waals surface area (Å²) in [6.45, 7) is 10.0. The molecule has 0 radical (unpaired) electrons. The molecule has 2 N–H and O–H groups in total. The molecule has 6 rings (SSSR count). The monoisotopic (exact) mass is 512 g/mol. The van der Waals surface area contributed by atoms with Crippen LogP contribution in [0, 0.1) is 12.3 Å². The molecular formula is C27H32N10O. The second-order valence-corrected chi connectivity index (χ2v) is 11.0. The van der Waals surface area contributed by atoms with Gasteiger partial charge in [0.05, 0.1) is 45.8 Å². The third-order valence-corrected chi connectivity index (χ3v) is 7.10. The number of nitrogens with one attached hydrogen (secondary N) is 2. The Labute approximate surface area is 220 Å². The quantitative estimate of drug-likeness (QED) is 0.345. The lowest BCUT2D eigenvalue weighted by molar-refractivity contribution is 0.0323. The lowest BCUT2D eigenvalue weighted by Crippen LogP contribution is -2.54. The number of amides is 1. The van der Waals surface area contributed by atoms with Gasteiger partial charge in [-0.05, 0) is 24.5 Å². The summed E-state index contributed by atoms with van der Waals surface area (Å²) in [6, 6.07) is 3.92. The van der Waals surface area contributed by atoms with E-state index >= 15 is 0 Å². The van der Waals surface area contributed by atoms with Gasteiger partial charge in [0.25, 0.3) is 5.91 Å². The van der Waals surface area contributed by atoms with Gasteiger partial charge in [-0.1, -0.05) is 13.8 Å². The second kappa shape index (κ2) is 8.95. The van der Waals surface area contributed by atoms with Crippen LogP contribution in [-0.2, 0) is 14.1 Å². The van der Waals surface area contributed by atoms with Gasteiger partial charge in [-0.15, -0.1) is 0 Å². The molecule has 0 atom stereocenters. The zero-order chi connectivity index (χ0) is 26.6. The third kappa shape index (κ3) is 4.38. The molecule has 1 aliphatic heterocycles. The summed E-state index contributed by atoms with van der Waals surface area (Å²) in [4.78, 5) is 19.6. The summed E-state index contributed by atoms with van der Waals surface area (Å²) in [5, 5.41) is 20.9. The SMILES string of the molecule is Cc1ncc(C(=O)NCCN2CC(C)(C)C2)cc1Nc1nn(C)c2c1cnn1cc(-c3cnn(C)c3)cc21. The number of fused-ring (bicyclic) bond motifs is 3. The second-order valence-electron chi connectivity index (χ2n) is 11.0. The van der Waals surface area contributed by atoms with Crippen molar-refractivity contribution in [3.8, 4) is 11.1 Å². The Balaban J connectivity index is 1.23. The number of aryl methyl sites for hydroxylation is 3. The van der Waals surface area contributed by atoms with Gasteiger partial charge in [0.1, 0.15) is 0 Å². The summed E-state index contributed by atoms with van der Waals surface area (Å²) in [7, 11) is 3.82. The third-order valence-electron chi connectivity index (χ3n) is 7.10. The standard InChI is InChI=1S/C27H32N10O/c1-17-22(8-18(10-29-17)26(38)28-6-7-36-15-27(2,3)16-36)32-25-21-12-31-37-14-19(20-11-30-34(4)13-20)9-23(37)24(21)35(5)33-25/h8-14H,6-7,15-16H2,1-5H3,(H,28,38)(H,32,33). The first-order chi connectivity index (χ1) is 18.2. The molecule has 0 aliphatic carbocycles. The van der Waals surface area contributed by atoms with Gasteiger partial charge < -0.3 is 15.5 Å². The molecule has 0 aromatic carbocycles. The first-order valence-electron chi connectivity index (χ1n) is 12.7. The minimum atomic E-state index is -0.134. The molecule has 1 fully saturated rings. The largest absolute Gasteiger partial charge is 0.351 e. The topological polar surface area (TPSA) is 110 Å². The maximum Gasteiger partial charge on any atom is 0.252 e. The minimum absolute atomic E-state index is 0.134. The number of rotatable bonds is 7. The maximum atomic E-state index is 12.8. The predicted molar refractivity (Wildman–Crippen MR) is 146 cm³/mol. The van der Waals surface area contributed by atoms with Crippen LogP contribution in [0.5, 0.6) is 0 Å². The number of hydrogen-bond donors (Lipinski definition) is 2. The van der Waals surface area contributed by atoms with Gasteiger partial charge in [0, 0.05) is 70.0 Å². The van der Waals surface area contributed by atoms with Gasteiger partial charge >= 0.3 is 0 Å². The molecule has 6 heterocycles. The van der Waals surface area contributed by atoms with E-state index in [1.54, 1.807) is 17.1 Å². The van der Waals surface area contributed by atoms with Crippen molar-refractivity contribution in [3.63, 3.8) is 0 Å². The van der Waals surface area contributed by atoms with Crippen molar-refractivity contribution in [2.24, 2.45) is 19.5 Å². The number of carbonyl (C=O) groups excluding carboxylic acids is 1. The van der Waals surface area contributed by atoms with E-state index < -0.39 is 0 Å². The van der Waals surface area contributed by atoms with Crippen molar-refractivity contribution < 1.29 is 4.79 Å². The van der Waals surface area contributed by atoms with Crippen LogP contribution >= 0.6 is 0 Å². The van der Waals surface area contributed by atoms with E-state index in [1.807, 2.05) is 54.9 Å². The number of anilines is 2. The summed E-state index contributed by atoms with van der Waals surface area (Å²) in [6.07, 6.45) is 9.23. The molecule has 0 spiro atoms. The van der Waals surface area contributed by atoms with Crippen molar-refractivity contribution in [3.05, 3.63) is 54.4 Å². The number of carbonyl (C=O) groups is 1. The van der Waals surface area contributed by atoms with Crippen molar-refractivity contribution in [2.75, 3.05) is 31.5 Å². The van der Waals surface area contributed by atoms with Gasteiger partial charge in [-0.2, -0.15) is 15.3 Å². The van der Waals surface area contributed by atoms with Crippen molar-refractivity contribution in [1.82, 2.24) is 44.4 Å². The van der Waals surface area contributed by atoms with Crippen LogP contribution < -0.4 is 10.6 Å². The average Bonchev–Trinajstić information content (AvgIpc) is 3.56. The molecule has 1 aliphatic rings. The van der Waals surface area contributed by atoms with E-state index in [1.165, 1.54) is 0 Å². The zero-order valence-corrected chi connectivity index (χ0v) is 22.4. The normalized spacial score (nSPS) is 15.2. The molecule has 1 amide bonds. The summed E-state index contributed by atoms with van der Waals surface area (Å²) < 4.78 is 5.48. The van der Waals surface area contributed by atoms with E-state index in [0.717, 1.165) is 58.6 Å². The summed E-state index contributed by atoms with van der Waals surface area (Å²) in [5.74, 6) is 0.523. The molecule has 1 saturated heterocycles. The lowest BCUT2D eigenvalue weighted by Gasteiger charge is -2.45. The van der Waals surface area contributed by atoms with E-state index in [9.17, 15) is 4.79 Å². The first-order valence-corrected chi connectivity index (χ1v) is 12.7. The van der Waals surface area contributed by atoms with E-state index in [4.69, 9.17) is 5.10 Å². The Morgan fingerprint density at radius 1 is 1.05 bits per heavy atom. The molecule has 196 valence electrons. The number of pyridine rings is 1. The highest BCUT2D eigenvalue weighted by Crippen LogP contribution is 2.31. The molecule has 0 saturated carbocycles. The lowest BCUT2D eigenvalue weighted by atomic mass is 9.84. The first kappa shape index (κ1) is 24.1. The Morgan fingerprint density at radius 2 is 1.87 bits per heavy atom. The van der Waals surface area contributed by atoms with Gasteiger partial charge in [-0.3, -0.25) is 19.1 Å². The van der Waals surface area contributed by atoms with Crippen LogP contribution in [0.3, 0.4) is 0 Å². The van der Waals surface area contributed by atoms with Crippen LogP contribution in [0.4, 0.5) is 11.5 Å². The fraction of sp³-hybridized carbons (Fsp3) is 0.370. The molecule has 0 bridgehead atoms. The highest BCUT2D eigenvalue weighted by Gasteiger charge is 2.33. The highest BCUT2D eigenvalue weighted by molar-refractivity contribution is 6.01. The molecule has 0 unspecified atom stereocenters. The van der Waals surface area contributed by atoms with Crippen LogP contribution in [0.25, 0.3) is 27.5 Å². The molecule has 11 nitrogen and oxygen atoms in total. The fourth-order valence-electron chi connectivity index (χ4n) is 5.29. The highest BCUT2D eigenvalue weighted by atomic mass is 16.1. The van der Waals surface area contributed by atoms with E-state index in [0.29, 0.717) is 23.3 Å². The van der Waals surface area contributed by atoms with Crippen molar-refractivity contribution in [1.29, 1.82) is 0 Å². The van der Waals surface area contributed by atoms with Gasteiger partial charge in [0.15, 0.2) is 5.82 Å². The Kier molecular flexibility index (Phi) is 5.68. The zero-order valence-electron chi connectivity index (χ0n) is 22.4. The molecular weight excluding hydrogens is 480 g/mol. The van der Waals surface area contributed by atoms with Crippen LogP contribution in [0.2, 0.25) is 0 Å². The molecule has 5 aromatic heterocycles. The minimum Gasteiger partial charge on any atom is -0.351 e. The van der Waals surface area contributed by atoms with Crippen LogP contribution in [-0.4, -0.2) is 71.1 Å². The summed E-state index contributed by atoms with van der Waals surface area (Å²) >= 11 is 0. The number of nitrogens with zero attached hydrogens (tertiary/aromatic N) is 8.